The number of hydrogen-bond acceptors (Lipinski definition) is 6. The van der Waals surface area contributed by atoms with Crippen LogP contribution in [-0.2, 0) is 10.2 Å². The minimum absolute atomic E-state index is 0.348. The first kappa shape index (κ1) is 18.5. The maximum absolute atomic E-state index is 12.8. The highest BCUT2D eigenvalue weighted by atomic mass is 32.2. The van der Waals surface area contributed by atoms with Gasteiger partial charge >= 0.3 is 0 Å². The van der Waals surface area contributed by atoms with Crippen LogP contribution in [0, 0.1) is 0 Å². The van der Waals surface area contributed by atoms with E-state index in [1.54, 1.807) is 14.8 Å². The zero-order valence-electron chi connectivity index (χ0n) is 15.3. The number of aromatic nitrogens is 2. The molecule has 1 aromatic rings. The monoisotopic (exact) mass is 368 g/mol. The van der Waals surface area contributed by atoms with E-state index < -0.39 is 10.2 Å². The molecular formula is C16H28N6O2S. The van der Waals surface area contributed by atoms with Crippen LogP contribution in [0.2, 0.25) is 0 Å². The lowest BCUT2D eigenvalue weighted by Crippen LogP contribution is -2.56. The van der Waals surface area contributed by atoms with Gasteiger partial charge in [-0.2, -0.15) is 17.0 Å². The summed E-state index contributed by atoms with van der Waals surface area (Å²) in [5, 5.41) is 0. The summed E-state index contributed by atoms with van der Waals surface area (Å²) in [6, 6.07) is 1.93. The third kappa shape index (κ3) is 4.11. The summed E-state index contributed by atoms with van der Waals surface area (Å²) >= 11 is 0. The quantitative estimate of drug-likeness (QED) is 0.757. The molecule has 3 heterocycles. The second-order valence-corrected chi connectivity index (χ2v) is 8.96. The van der Waals surface area contributed by atoms with Crippen molar-refractivity contribution in [1.29, 1.82) is 0 Å². The Morgan fingerprint density at radius 1 is 0.960 bits per heavy atom. The van der Waals surface area contributed by atoms with Crippen LogP contribution >= 0.6 is 0 Å². The van der Waals surface area contributed by atoms with Crippen molar-refractivity contribution in [2.75, 3.05) is 64.3 Å². The molecule has 140 valence electrons. The van der Waals surface area contributed by atoms with Gasteiger partial charge in [0.1, 0.15) is 0 Å². The predicted molar refractivity (Wildman–Crippen MR) is 97.9 cm³/mol. The van der Waals surface area contributed by atoms with Crippen LogP contribution in [0.1, 0.15) is 25.5 Å². The lowest BCUT2D eigenvalue weighted by atomic mass is 10.1. The van der Waals surface area contributed by atoms with E-state index in [0.29, 0.717) is 51.1 Å². The van der Waals surface area contributed by atoms with Crippen molar-refractivity contribution in [3.8, 4) is 0 Å². The molecule has 2 aliphatic rings. The van der Waals surface area contributed by atoms with Crippen LogP contribution < -0.4 is 4.90 Å². The fourth-order valence-corrected chi connectivity index (χ4v) is 4.71. The third-order valence-corrected chi connectivity index (χ3v) is 6.93. The van der Waals surface area contributed by atoms with Gasteiger partial charge in [0.05, 0.1) is 0 Å². The molecule has 0 amide bonds. The first-order valence-corrected chi connectivity index (χ1v) is 10.3. The van der Waals surface area contributed by atoms with Crippen LogP contribution in [0.4, 0.5) is 5.95 Å². The summed E-state index contributed by atoms with van der Waals surface area (Å²) in [5.41, 5.74) is 1.01. The van der Waals surface area contributed by atoms with E-state index in [1.165, 1.54) is 0 Å². The number of nitrogens with zero attached hydrogens (tertiary/aromatic N) is 6. The van der Waals surface area contributed by atoms with Gasteiger partial charge in [-0.1, -0.05) is 13.8 Å². The number of anilines is 1. The number of likely N-dealkylation sites (N-methyl/N-ethyl adjacent to an activating group) is 1. The van der Waals surface area contributed by atoms with E-state index in [4.69, 9.17) is 0 Å². The summed E-state index contributed by atoms with van der Waals surface area (Å²) in [6.45, 7) is 9.11. The molecule has 25 heavy (non-hydrogen) atoms. The van der Waals surface area contributed by atoms with Gasteiger partial charge in [0, 0.05) is 64.2 Å². The zero-order valence-corrected chi connectivity index (χ0v) is 16.1. The predicted octanol–water partition coefficient (Wildman–Crippen LogP) is 0.214. The Kier molecular flexibility index (Phi) is 5.57. The van der Waals surface area contributed by atoms with Crippen LogP contribution in [0.3, 0.4) is 0 Å². The van der Waals surface area contributed by atoms with Crippen molar-refractivity contribution in [3.63, 3.8) is 0 Å². The van der Waals surface area contributed by atoms with Crippen LogP contribution in [0.5, 0.6) is 0 Å². The third-order valence-electron chi connectivity index (χ3n) is 4.89. The van der Waals surface area contributed by atoms with E-state index in [2.05, 4.69) is 33.6 Å². The molecule has 0 bridgehead atoms. The molecule has 9 heteroatoms. The maximum atomic E-state index is 12.8. The molecule has 0 unspecified atom stereocenters. The summed E-state index contributed by atoms with van der Waals surface area (Å²) in [4.78, 5) is 13.2. The van der Waals surface area contributed by atoms with Crippen LogP contribution in [0.25, 0.3) is 0 Å². The van der Waals surface area contributed by atoms with Crippen LogP contribution in [-0.4, -0.2) is 91.3 Å². The zero-order chi connectivity index (χ0) is 18.0. The van der Waals surface area contributed by atoms with E-state index in [-0.39, 0.29) is 0 Å². The molecule has 0 atom stereocenters. The fourth-order valence-electron chi connectivity index (χ4n) is 3.14. The van der Waals surface area contributed by atoms with Crippen molar-refractivity contribution < 1.29 is 8.42 Å². The Balaban J connectivity index is 1.62. The topological polar surface area (TPSA) is 72.9 Å². The Bertz CT molecular complexity index is 680. The van der Waals surface area contributed by atoms with Crippen molar-refractivity contribution in [2.24, 2.45) is 0 Å². The molecule has 2 saturated heterocycles. The lowest BCUT2D eigenvalue weighted by molar-refractivity contribution is 0.210. The minimum Gasteiger partial charge on any atom is -0.338 e. The number of rotatable bonds is 4. The second kappa shape index (κ2) is 7.53. The van der Waals surface area contributed by atoms with Gasteiger partial charge in [0.25, 0.3) is 10.2 Å². The first-order valence-electron chi connectivity index (χ1n) is 8.89. The molecule has 2 aliphatic heterocycles. The summed E-state index contributed by atoms with van der Waals surface area (Å²) in [5.74, 6) is 1.04. The first-order chi connectivity index (χ1) is 11.9. The Morgan fingerprint density at radius 2 is 1.52 bits per heavy atom. The average Bonchev–Trinajstić information content (AvgIpc) is 2.62. The molecule has 0 spiro atoms. The van der Waals surface area contributed by atoms with E-state index in [0.717, 1.165) is 18.8 Å². The summed E-state index contributed by atoms with van der Waals surface area (Å²) < 4.78 is 28.8. The normalized spacial score (nSPS) is 21.8. The van der Waals surface area contributed by atoms with Gasteiger partial charge in [0.2, 0.25) is 5.95 Å². The Morgan fingerprint density at radius 3 is 2.08 bits per heavy atom. The second-order valence-electron chi connectivity index (χ2n) is 7.03. The van der Waals surface area contributed by atoms with Gasteiger partial charge in [-0.15, -0.1) is 0 Å². The molecule has 0 saturated carbocycles. The highest BCUT2D eigenvalue weighted by Crippen LogP contribution is 2.19. The maximum Gasteiger partial charge on any atom is 0.282 e. The Labute approximate surface area is 150 Å². The SMILES string of the molecule is CC(C)c1ccnc(N2CCN(S(=O)(=O)N3CCN(C)CC3)CC2)n1. The minimum atomic E-state index is -3.36. The number of hydrogen-bond donors (Lipinski definition) is 0. The van der Waals surface area contributed by atoms with Crippen molar-refractivity contribution in [1.82, 2.24) is 23.5 Å². The highest BCUT2D eigenvalue weighted by Gasteiger charge is 2.34. The van der Waals surface area contributed by atoms with E-state index >= 15 is 0 Å². The molecule has 0 aliphatic carbocycles. The molecule has 0 aromatic carbocycles. The van der Waals surface area contributed by atoms with Crippen molar-refractivity contribution >= 4 is 16.2 Å². The molecule has 0 radical (unpaired) electrons. The van der Waals surface area contributed by atoms with Gasteiger partial charge < -0.3 is 9.80 Å². The molecule has 1 aromatic heterocycles. The fraction of sp³-hybridized carbons (Fsp3) is 0.750. The molecular weight excluding hydrogens is 340 g/mol. The van der Waals surface area contributed by atoms with Gasteiger partial charge in [-0.3, -0.25) is 0 Å². The average molecular weight is 369 g/mol. The highest BCUT2D eigenvalue weighted by molar-refractivity contribution is 7.86. The van der Waals surface area contributed by atoms with E-state index in [9.17, 15) is 8.42 Å². The molecule has 0 N–H and O–H groups in total. The Hall–Kier alpha value is -1.29. The van der Waals surface area contributed by atoms with Crippen molar-refractivity contribution in [3.05, 3.63) is 18.0 Å². The summed E-state index contributed by atoms with van der Waals surface area (Å²) in [6.07, 6.45) is 1.78. The van der Waals surface area contributed by atoms with Crippen LogP contribution in [0.15, 0.2) is 12.3 Å². The molecule has 2 fully saturated rings. The van der Waals surface area contributed by atoms with Gasteiger partial charge in [-0.05, 0) is 19.0 Å². The largest absolute Gasteiger partial charge is 0.338 e. The molecule has 3 rings (SSSR count). The van der Waals surface area contributed by atoms with Crippen molar-refractivity contribution in [2.45, 2.75) is 19.8 Å². The lowest BCUT2D eigenvalue weighted by Gasteiger charge is -2.39. The summed E-state index contributed by atoms with van der Waals surface area (Å²) in [7, 11) is -1.34. The standard InChI is InChI=1S/C16H28N6O2S/c1-14(2)15-4-5-17-16(18-15)20-8-12-22(13-9-20)25(23,24)21-10-6-19(3)7-11-21/h4-5,14H,6-13H2,1-3H3. The van der Waals surface area contributed by atoms with Gasteiger partial charge in [-0.25, -0.2) is 9.97 Å². The van der Waals surface area contributed by atoms with Gasteiger partial charge in [0.15, 0.2) is 0 Å². The molecule has 8 nitrogen and oxygen atoms in total. The van der Waals surface area contributed by atoms with E-state index in [1.807, 2.05) is 13.1 Å². The smallest absolute Gasteiger partial charge is 0.282 e. The number of piperazine rings is 2.